The van der Waals surface area contributed by atoms with Gasteiger partial charge in [-0.2, -0.15) is 13.2 Å². The van der Waals surface area contributed by atoms with Crippen molar-refractivity contribution < 1.29 is 27.8 Å². The topological polar surface area (TPSA) is 46.5 Å². The molecule has 100 valence electrons. The predicted molar refractivity (Wildman–Crippen MR) is 58.6 cm³/mol. The molecular weight excluding hydrogens is 249 g/mol. The molecule has 3 nitrogen and oxygen atoms in total. The van der Waals surface area contributed by atoms with Crippen LogP contribution in [0.5, 0.6) is 5.75 Å². The van der Waals surface area contributed by atoms with Crippen LogP contribution in [0.1, 0.15) is 24.0 Å². The minimum Gasteiger partial charge on any atom is -0.497 e. The number of carboxylic acid groups (broad SMARTS) is 1. The zero-order valence-corrected chi connectivity index (χ0v) is 9.75. The van der Waals surface area contributed by atoms with Gasteiger partial charge in [0.25, 0.3) is 0 Å². The summed E-state index contributed by atoms with van der Waals surface area (Å²) < 4.78 is 42.6. The molecule has 0 saturated carbocycles. The van der Waals surface area contributed by atoms with Gasteiger partial charge in [0, 0.05) is 6.42 Å². The second-order valence-electron chi connectivity index (χ2n) is 3.81. The van der Waals surface area contributed by atoms with Crippen LogP contribution in [0.4, 0.5) is 13.2 Å². The molecule has 0 spiro atoms. The molecular formula is C12H13F3O3. The number of ether oxygens (including phenoxy) is 1. The van der Waals surface area contributed by atoms with Gasteiger partial charge in [-0.3, -0.25) is 4.79 Å². The molecule has 1 N–H and O–H groups in total. The van der Waals surface area contributed by atoms with Crippen molar-refractivity contribution in [3.63, 3.8) is 0 Å². The first-order valence-electron chi connectivity index (χ1n) is 5.30. The van der Waals surface area contributed by atoms with Crippen LogP contribution in [0.3, 0.4) is 0 Å². The fourth-order valence-corrected chi connectivity index (χ4v) is 1.53. The Morgan fingerprint density at radius 1 is 1.33 bits per heavy atom. The highest BCUT2D eigenvalue weighted by Crippen LogP contribution is 2.32. The summed E-state index contributed by atoms with van der Waals surface area (Å²) in [7, 11) is 1.29. The lowest BCUT2D eigenvalue weighted by Gasteiger charge is -2.11. The molecule has 1 aromatic carbocycles. The molecule has 0 atom stereocenters. The normalized spacial score (nSPS) is 11.3. The fourth-order valence-electron chi connectivity index (χ4n) is 1.53. The second kappa shape index (κ2) is 5.75. The molecule has 1 rings (SSSR count). The van der Waals surface area contributed by atoms with Gasteiger partial charge < -0.3 is 9.84 Å². The van der Waals surface area contributed by atoms with E-state index in [0.717, 1.165) is 12.1 Å². The Morgan fingerprint density at radius 2 is 2.00 bits per heavy atom. The van der Waals surface area contributed by atoms with Crippen molar-refractivity contribution in [2.75, 3.05) is 7.11 Å². The van der Waals surface area contributed by atoms with E-state index in [4.69, 9.17) is 9.84 Å². The van der Waals surface area contributed by atoms with Crippen LogP contribution < -0.4 is 4.74 Å². The molecule has 0 amide bonds. The third-order valence-corrected chi connectivity index (χ3v) is 2.39. The van der Waals surface area contributed by atoms with Gasteiger partial charge in [-0.25, -0.2) is 0 Å². The number of aliphatic carboxylic acids is 1. The van der Waals surface area contributed by atoms with Crippen molar-refractivity contribution in [3.8, 4) is 5.75 Å². The van der Waals surface area contributed by atoms with Crippen LogP contribution in [0, 0.1) is 0 Å². The molecule has 0 aliphatic heterocycles. The molecule has 0 fully saturated rings. The van der Waals surface area contributed by atoms with Crippen LogP contribution in [-0.4, -0.2) is 18.2 Å². The highest BCUT2D eigenvalue weighted by Gasteiger charge is 2.31. The summed E-state index contributed by atoms with van der Waals surface area (Å²) in [6, 6.07) is 3.42. The highest BCUT2D eigenvalue weighted by molar-refractivity contribution is 5.66. The Morgan fingerprint density at radius 3 is 2.50 bits per heavy atom. The first-order chi connectivity index (χ1) is 8.32. The van der Waals surface area contributed by atoms with Gasteiger partial charge in [-0.05, 0) is 36.6 Å². The Labute approximate surface area is 102 Å². The zero-order valence-electron chi connectivity index (χ0n) is 9.75. The van der Waals surface area contributed by atoms with E-state index in [9.17, 15) is 18.0 Å². The number of carboxylic acids is 1. The number of benzene rings is 1. The number of carbonyl (C=O) groups is 1. The van der Waals surface area contributed by atoms with Gasteiger partial charge in [0.05, 0.1) is 12.7 Å². The average molecular weight is 262 g/mol. The molecule has 1 aromatic rings. The van der Waals surface area contributed by atoms with Crippen molar-refractivity contribution in [2.24, 2.45) is 0 Å². The van der Waals surface area contributed by atoms with Crippen molar-refractivity contribution in [1.29, 1.82) is 0 Å². The van der Waals surface area contributed by atoms with Crippen LogP contribution in [0.2, 0.25) is 0 Å². The average Bonchev–Trinajstić information content (AvgIpc) is 2.27. The molecule has 0 bridgehead atoms. The maximum absolute atomic E-state index is 12.6. The lowest BCUT2D eigenvalue weighted by Crippen LogP contribution is -2.06. The number of hydrogen-bond acceptors (Lipinski definition) is 2. The number of aryl methyl sites for hydroxylation is 1. The van der Waals surface area contributed by atoms with E-state index in [-0.39, 0.29) is 18.6 Å². The number of rotatable bonds is 5. The molecule has 6 heteroatoms. The molecule has 0 aliphatic carbocycles. The van der Waals surface area contributed by atoms with Gasteiger partial charge in [0.1, 0.15) is 5.75 Å². The Bertz CT molecular complexity index is 427. The monoisotopic (exact) mass is 262 g/mol. The van der Waals surface area contributed by atoms with Gasteiger partial charge in [0.2, 0.25) is 0 Å². The summed E-state index contributed by atoms with van der Waals surface area (Å²) in [5.41, 5.74) is -0.366. The number of methoxy groups -OCH3 is 1. The molecule has 0 unspecified atom stereocenters. The van der Waals surface area contributed by atoms with Crippen molar-refractivity contribution in [1.82, 2.24) is 0 Å². The molecule has 0 saturated heterocycles. The molecule has 18 heavy (non-hydrogen) atoms. The van der Waals surface area contributed by atoms with Crippen LogP contribution in [0.25, 0.3) is 0 Å². The Kier molecular flexibility index (Phi) is 4.58. The van der Waals surface area contributed by atoms with Gasteiger partial charge in [-0.1, -0.05) is 0 Å². The van der Waals surface area contributed by atoms with E-state index in [2.05, 4.69) is 0 Å². The van der Waals surface area contributed by atoms with Crippen molar-refractivity contribution in [3.05, 3.63) is 29.3 Å². The van der Waals surface area contributed by atoms with E-state index < -0.39 is 17.7 Å². The van der Waals surface area contributed by atoms with Crippen LogP contribution in [-0.2, 0) is 17.4 Å². The lowest BCUT2D eigenvalue weighted by molar-refractivity contribution is -0.138. The van der Waals surface area contributed by atoms with E-state index in [1.165, 1.54) is 13.2 Å². The summed E-state index contributed by atoms with van der Waals surface area (Å²) in [4.78, 5) is 10.3. The summed E-state index contributed by atoms with van der Waals surface area (Å²) >= 11 is 0. The number of halogens is 3. The summed E-state index contributed by atoms with van der Waals surface area (Å²) in [5, 5.41) is 8.47. The molecule has 0 aromatic heterocycles. The SMILES string of the molecule is COc1cc(CCCC(=O)O)cc(C(F)(F)F)c1. The Balaban J connectivity index is 2.87. The first-order valence-corrected chi connectivity index (χ1v) is 5.30. The lowest BCUT2D eigenvalue weighted by atomic mass is 10.0. The summed E-state index contributed by atoms with van der Waals surface area (Å²) in [6.07, 6.45) is -3.94. The maximum Gasteiger partial charge on any atom is 0.416 e. The largest absolute Gasteiger partial charge is 0.497 e. The van der Waals surface area contributed by atoms with E-state index in [1.54, 1.807) is 0 Å². The third kappa shape index (κ3) is 4.27. The molecule has 0 radical (unpaired) electrons. The summed E-state index contributed by atoms with van der Waals surface area (Å²) in [6.45, 7) is 0. The summed E-state index contributed by atoms with van der Waals surface area (Å²) in [5.74, 6) is -0.843. The zero-order chi connectivity index (χ0) is 13.8. The molecule has 0 aliphatic rings. The van der Waals surface area contributed by atoms with E-state index in [1.807, 2.05) is 0 Å². The minimum absolute atomic E-state index is 0.0709. The second-order valence-corrected chi connectivity index (χ2v) is 3.81. The maximum atomic E-state index is 12.6. The van der Waals surface area contributed by atoms with Crippen LogP contribution in [0.15, 0.2) is 18.2 Å². The fraction of sp³-hybridized carbons (Fsp3) is 0.417. The minimum atomic E-state index is -4.43. The number of hydrogen-bond donors (Lipinski definition) is 1. The first kappa shape index (κ1) is 14.3. The van der Waals surface area contributed by atoms with E-state index >= 15 is 0 Å². The van der Waals surface area contributed by atoms with Crippen molar-refractivity contribution >= 4 is 5.97 Å². The Hall–Kier alpha value is -1.72. The van der Waals surface area contributed by atoms with Gasteiger partial charge in [-0.15, -0.1) is 0 Å². The van der Waals surface area contributed by atoms with Crippen molar-refractivity contribution in [2.45, 2.75) is 25.4 Å². The highest BCUT2D eigenvalue weighted by atomic mass is 19.4. The predicted octanol–water partition coefficient (Wildman–Crippen LogP) is 3.12. The standard InChI is InChI=1S/C12H13F3O3/c1-18-10-6-8(3-2-4-11(16)17)5-9(7-10)12(13,14)15/h5-7H,2-4H2,1H3,(H,16,17). The smallest absolute Gasteiger partial charge is 0.416 e. The van der Waals surface area contributed by atoms with Crippen LogP contribution >= 0.6 is 0 Å². The third-order valence-electron chi connectivity index (χ3n) is 2.39. The van der Waals surface area contributed by atoms with Gasteiger partial charge >= 0.3 is 12.1 Å². The van der Waals surface area contributed by atoms with Gasteiger partial charge in [0.15, 0.2) is 0 Å². The molecule has 0 heterocycles. The quantitative estimate of drug-likeness (QED) is 0.886. The van der Waals surface area contributed by atoms with E-state index in [0.29, 0.717) is 12.0 Å². The number of alkyl halides is 3.